The summed E-state index contributed by atoms with van der Waals surface area (Å²) in [7, 11) is 0. The first kappa shape index (κ1) is 19.9. The molecule has 0 fully saturated rings. The zero-order valence-electron chi connectivity index (χ0n) is 15.0. The highest BCUT2D eigenvalue weighted by molar-refractivity contribution is 6.39. The van der Waals surface area contributed by atoms with E-state index in [0.29, 0.717) is 30.3 Å². The number of hydrogen-bond donors (Lipinski definition) is 2. The molecule has 0 atom stereocenters. The third-order valence-corrected chi connectivity index (χ3v) is 3.28. The summed E-state index contributed by atoms with van der Waals surface area (Å²) in [6, 6.07) is 10.7. The van der Waals surface area contributed by atoms with E-state index in [1.165, 1.54) is 30.5 Å². The number of para-hydroxylation sites is 1. The number of rotatable bonds is 7. The smallest absolute Gasteiger partial charge is 0.329 e. The van der Waals surface area contributed by atoms with Crippen molar-refractivity contribution in [2.75, 3.05) is 18.5 Å². The molecule has 0 aliphatic heterocycles. The Bertz CT molecular complexity index is 839. The van der Waals surface area contributed by atoms with E-state index in [0.717, 1.165) is 0 Å². The Kier molecular flexibility index (Phi) is 7.30. The molecule has 0 aromatic heterocycles. The Labute approximate surface area is 156 Å². The SMILES string of the molecule is CCOc1ccc(/C=N\NC(=O)C(=O)Nc2ccccc2F)cc1OCC. The molecule has 0 spiro atoms. The highest BCUT2D eigenvalue weighted by Gasteiger charge is 2.14. The molecule has 0 aliphatic carbocycles. The Morgan fingerprint density at radius 1 is 1.04 bits per heavy atom. The quantitative estimate of drug-likeness (QED) is 0.444. The van der Waals surface area contributed by atoms with E-state index < -0.39 is 17.6 Å². The number of halogens is 1. The van der Waals surface area contributed by atoms with E-state index >= 15 is 0 Å². The lowest BCUT2D eigenvalue weighted by atomic mass is 10.2. The van der Waals surface area contributed by atoms with Gasteiger partial charge in [0.05, 0.1) is 25.1 Å². The minimum Gasteiger partial charge on any atom is -0.490 e. The summed E-state index contributed by atoms with van der Waals surface area (Å²) in [6.07, 6.45) is 1.35. The molecule has 7 nitrogen and oxygen atoms in total. The largest absolute Gasteiger partial charge is 0.490 e. The number of nitrogens with zero attached hydrogens (tertiary/aromatic N) is 1. The molecule has 0 aliphatic rings. The lowest BCUT2D eigenvalue weighted by molar-refractivity contribution is -0.136. The molecule has 2 aromatic rings. The maximum atomic E-state index is 13.5. The summed E-state index contributed by atoms with van der Waals surface area (Å²) >= 11 is 0. The van der Waals surface area contributed by atoms with Crippen LogP contribution in [0.1, 0.15) is 19.4 Å². The van der Waals surface area contributed by atoms with E-state index in [1.54, 1.807) is 18.2 Å². The molecule has 2 rings (SSSR count). The van der Waals surface area contributed by atoms with E-state index in [-0.39, 0.29) is 5.69 Å². The van der Waals surface area contributed by atoms with Gasteiger partial charge in [-0.1, -0.05) is 12.1 Å². The van der Waals surface area contributed by atoms with Crippen LogP contribution in [0.15, 0.2) is 47.6 Å². The van der Waals surface area contributed by atoms with Crippen molar-refractivity contribution in [3.05, 3.63) is 53.8 Å². The molecular weight excluding hydrogens is 353 g/mol. The first-order valence-electron chi connectivity index (χ1n) is 8.33. The van der Waals surface area contributed by atoms with E-state index in [9.17, 15) is 14.0 Å². The van der Waals surface area contributed by atoms with Gasteiger partial charge in [-0.15, -0.1) is 0 Å². The van der Waals surface area contributed by atoms with Crippen molar-refractivity contribution in [1.82, 2.24) is 5.43 Å². The normalized spacial score (nSPS) is 10.5. The van der Waals surface area contributed by atoms with Crippen molar-refractivity contribution in [3.8, 4) is 11.5 Å². The Balaban J connectivity index is 1.97. The summed E-state index contributed by atoms with van der Waals surface area (Å²) in [5.74, 6) is -1.54. The zero-order chi connectivity index (χ0) is 19.6. The first-order chi connectivity index (χ1) is 13.0. The average Bonchev–Trinajstić information content (AvgIpc) is 2.66. The third-order valence-electron chi connectivity index (χ3n) is 3.28. The van der Waals surface area contributed by atoms with Gasteiger partial charge in [-0.3, -0.25) is 9.59 Å². The second kappa shape index (κ2) is 9.91. The number of carbonyl (C=O) groups is 2. The summed E-state index contributed by atoms with van der Waals surface area (Å²) in [6.45, 7) is 4.69. The fourth-order valence-electron chi connectivity index (χ4n) is 2.11. The molecule has 0 bridgehead atoms. The van der Waals surface area contributed by atoms with Crippen LogP contribution in [0, 0.1) is 5.82 Å². The number of hydrogen-bond acceptors (Lipinski definition) is 5. The number of anilines is 1. The van der Waals surface area contributed by atoms with Crippen molar-refractivity contribution in [2.24, 2.45) is 5.10 Å². The van der Waals surface area contributed by atoms with Crippen molar-refractivity contribution >= 4 is 23.7 Å². The molecule has 0 unspecified atom stereocenters. The van der Waals surface area contributed by atoms with Gasteiger partial charge in [0.15, 0.2) is 11.5 Å². The van der Waals surface area contributed by atoms with Crippen LogP contribution >= 0.6 is 0 Å². The molecule has 2 N–H and O–H groups in total. The molecule has 0 heterocycles. The number of ether oxygens (including phenoxy) is 2. The van der Waals surface area contributed by atoms with Gasteiger partial charge in [-0.2, -0.15) is 5.10 Å². The highest BCUT2D eigenvalue weighted by Crippen LogP contribution is 2.27. The van der Waals surface area contributed by atoms with Crippen molar-refractivity contribution in [1.29, 1.82) is 0 Å². The molecule has 0 saturated heterocycles. The third kappa shape index (κ3) is 5.81. The molecule has 0 radical (unpaired) electrons. The Morgan fingerprint density at radius 3 is 2.44 bits per heavy atom. The summed E-state index contributed by atoms with van der Waals surface area (Å²) < 4.78 is 24.4. The predicted molar refractivity (Wildman–Crippen MR) is 99.5 cm³/mol. The standard InChI is InChI=1S/C19H20FN3O4/c1-3-26-16-10-9-13(11-17(16)27-4-2)12-21-23-19(25)18(24)22-15-8-6-5-7-14(15)20/h5-12H,3-4H2,1-2H3,(H,22,24)(H,23,25)/b21-12-. The van der Waals surface area contributed by atoms with Gasteiger partial charge >= 0.3 is 11.8 Å². The lowest BCUT2D eigenvalue weighted by Gasteiger charge is -2.11. The van der Waals surface area contributed by atoms with Gasteiger partial charge in [0.2, 0.25) is 0 Å². The number of carbonyl (C=O) groups excluding carboxylic acids is 2. The molecule has 2 amide bonds. The average molecular weight is 373 g/mol. The van der Waals surface area contributed by atoms with Crippen LogP contribution in [0.25, 0.3) is 0 Å². The minimum atomic E-state index is -1.03. The Morgan fingerprint density at radius 2 is 1.74 bits per heavy atom. The van der Waals surface area contributed by atoms with Gasteiger partial charge in [-0.25, -0.2) is 9.82 Å². The van der Waals surface area contributed by atoms with Crippen LogP contribution in [0.3, 0.4) is 0 Å². The summed E-state index contributed by atoms with van der Waals surface area (Å²) in [4.78, 5) is 23.5. The van der Waals surface area contributed by atoms with Crippen LogP contribution < -0.4 is 20.2 Å². The molecule has 2 aromatic carbocycles. The molecule has 142 valence electrons. The van der Waals surface area contributed by atoms with Crippen molar-refractivity contribution in [2.45, 2.75) is 13.8 Å². The molecule has 8 heteroatoms. The monoisotopic (exact) mass is 373 g/mol. The highest BCUT2D eigenvalue weighted by atomic mass is 19.1. The second-order valence-corrected chi connectivity index (χ2v) is 5.21. The van der Waals surface area contributed by atoms with E-state index in [1.807, 2.05) is 13.8 Å². The van der Waals surface area contributed by atoms with Crippen LogP contribution in [-0.2, 0) is 9.59 Å². The first-order valence-corrected chi connectivity index (χ1v) is 8.33. The van der Waals surface area contributed by atoms with Gasteiger partial charge in [-0.05, 0) is 49.7 Å². The summed E-state index contributed by atoms with van der Waals surface area (Å²) in [5.41, 5.74) is 2.63. The molecule has 27 heavy (non-hydrogen) atoms. The van der Waals surface area contributed by atoms with E-state index in [2.05, 4.69) is 15.8 Å². The van der Waals surface area contributed by atoms with Crippen LogP contribution in [0.4, 0.5) is 10.1 Å². The maximum Gasteiger partial charge on any atom is 0.329 e. The molecule has 0 saturated carbocycles. The summed E-state index contributed by atoms with van der Waals surface area (Å²) in [5, 5.41) is 5.90. The number of nitrogens with one attached hydrogen (secondary N) is 2. The fraction of sp³-hybridized carbons (Fsp3) is 0.211. The Hall–Kier alpha value is -3.42. The van der Waals surface area contributed by atoms with Gasteiger partial charge in [0, 0.05) is 0 Å². The fourth-order valence-corrected chi connectivity index (χ4v) is 2.11. The topological polar surface area (TPSA) is 89.0 Å². The molecular formula is C19H20FN3O4. The van der Waals surface area contributed by atoms with Gasteiger partial charge in [0.1, 0.15) is 5.82 Å². The lowest BCUT2D eigenvalue weighted by Crippen LogP contribution is -2.32. The minimum absolute atomic E-state index is 0.0884. The maximum absolute atomic E-state index is 13.5. The number of benzene rings is 2. The number of amides is 2. The van der Waals surface area contributed by atoms with Crippen LogP contribution in [0.2, 0.25) is 0 Å². The van der Waals surface area contributed by atoms with Gasteiger partial charge < -0.3 is 14.8 Å². The predicted octanol–water partition coefficient (Wildman–Crippen LogP) is 2.71. The van der Waals surface area contributed by atoms with Crippen LogP contribution in [0.5, 0.6) is 11.5 Å². The van der Waals surface area contributed by atoms with Gasteiger partial charge in [0.25, 0.3) is 0 Å². The second-order valence-electron chi connectivity index (χ2n) is 5.21. The van der Waals surface area contributed by atoms with E-state index in [4.69, 9.17) is 9.47 Å². The van der Waals surface area contributed by atoms with Crippen LogP contribution in [-0.4, -0.2) is 31.2 Å². The number of hydrazone groups is 1. The zero-order valence-corrected chi connectivity index (χ0v) is 15.0. The van der Waals surface area contributed by atoms with Crippen molar-refractivity contribution in [3.63, 3.8) is 0 Å². The van der Waals surface area contributed by atoms with Crippen molar-refractivity contribution < 1.29 is 23.5 Å².